The summed E-state index contributed by atoms with van der Waals surface area (Å²) >= 11 is 0. The van der Waals surface area contributed by atoms with E-state index in [-0.39, 0.29) is 50.7 Å². The highest BCUT2D eigenvalue weighted by atomic mass is 16.7. The second kappa shape index (κ2) is 22.9. The Labute approximate surface area is 326 Å². The molecule has 6 atom stereocenters. The topological polar surface area (TPSA) is 144 Å². The average molecular weight is 775 g/mol. The standard InChI is InChI=1S/C41H62N2O12/c1-28(2)40(45)54-30(4)55-41(46)43-20-37(52-25-32-11-14-36-35(19-32)42(16-18-51-36)15-8-17-47-5)39(38(21-43)53-27-34(44)26-49-7)33-12-9-31(10-13-33)24-50-23-29(3)22-48-6/h9-14,19,28-30,34,37-39,44H,8,15-18,20-27H2,1-7H3/t29-,30?,34+,37-,38+,39+/m0/s1. The van der Waals surface area contributed by atoms with E-state index in [9.17, 15) is 14.7 Å². The summed E-state index contributed by atoms with van der Waals surface area (Å²) < 4.78 is 51.6. The molecular weight excluding hydrogens is 712 g/mol. The fourth-order valence-electron chi connectivity index (χ4n) is 6.67. The molecule has 2 heterocycles. The van der Waals surface area contributed by atoms with Crippen molar-refractivity contribution < 1.29 is 57.3 Å². The number of fused-ring (bicyclic) bond motifs is 1. The summed E-state index contributed by atoms with van der Waals surface area (Å²) in [5, 5.41) is 10.6. The van der Waals surface area contributed by atoms with Crippen molar-refractivity contribution in [3.63, 3.8) is 0 Å². The van der Waals surface area contributed by atoms with Crippen LogP contribution in [0.2, 0.25) is 0 Å². The number of rotatable bonds is 22. The van der Waals surface area contributed by atoms with Gasteiger partial charge in [-0.15, -0.1) is 0 Å². The molecule has 0 saturated carbocycles. The number of likely N-dealkylation sites (tertiary alicyclic amines) is 1. The molecule has 0 spiro atoms. The summed E-state index contributed by atoms with van der Waals surface area (Å²) in [7, 11) is 4.90. The fraction of sp³-hybridized carbons (Fsp3) is 0.659. The van der Waals surface area contributed by atoms with E-state index in [0.717, 1.165) is 47.6 Å². The molecule has 2 aromatic rings. The van der Waals surface area contributed by atoms with Gasteiger partial charge in [-0.3, -0.25) is 4.79 Å². The lowest BCUT2D eigenvalue weighted by atomic mass is 9.84. The zero-order valence-electron chi connectivity index (χ0n) is 33.6. The maximum Gasteiger partial charge on any atom is 0.413 e. The molecule has 308 valence electrons. The van der Waals surface area contributed by atoms with Crippen molar-refractivity contribution in [2.24, 2.45) is 11.8 Å². The molecule has 0 bridgehead atoms. The molecule has 0 aliphatic carbocycles. The molecule has 0 aromatic heterocycles. The van der Waals surface area contributed by atoms with Crippen molar-refractivity contribution in [1.82, 2.24) is 4.90 Å². The number of anilines is 1. The summed E-state index contributed by atoms with van der Waals surface area (Å²) in [6, 6.07) is 14.2. The minimum atomic E-state index is -1.10. The number of hydrogen-bond donors (Lipinski definition) is 1. The summed E-state index contributed by atoms with van der Waals surface area (Å²) in [4.78, 5) is 29.7. The van der Waals surface area contributed by atoms with Crippen molar-refractivity contribution >= 4 is 17.7 Å². The minimum Gasteiger partial charge on any atom is -0.490 e. The quantitative estimate of drug-likeness (QED) is 0.0997. The normalized spacial score (nSPS) is 20.1. The Morgan fingerprint density at radius 3 is 2.24 bits per heavy atom. The maximum atomic E-state index is 13.6. The third-order valence-electron chi connectivity index (χ3n) is 9.45. The summed E-state index contributed by atoms with van der Waals surface area (Å²) in [6.45, 7) is 12.2. The van der Waals surface area contributed by atoms with E-state index in [1.54, 1.807) is 28.1 Å². The van der Waals surface area contributed by atoms with Crippen LogP contribution in [0.15, 0.2) is 42.5 Å². The van der Waals surface area contributed by atoms with Crippen molar-refractivity contribution in [2.75, 3.05) is 92.0 Å². The number of ether oxygens (including phenoxy) is 9. The first kappa shape index (κ1) is 44.2. The number of nitrogens with zero attached hydrogens (tertiary/aromatic N) is 2. The van der Waals surface area contributed by atoms with Crippen LogP contribution in [0.5, 0.6) is 5.75 Å². The highest BCUT2D eigenvalue weighted by Crippen LogP contribution is 2.36. The van der Waals surface area contributed by atoms with Gasteiger partial charge in [0.05, 0.1) is 83.1 Å². The third kappa shape index (κ3) is 13.9. The molecule has 1 unspecified atom stereocenters. The zero-order chi connectivity index (χ0) is 39.7. The predicted octanol–water partition coefficient (Wildman–Crippen LogP) is 4.78. The van der Waals surface area contributed by atoms with E-state index in [1.165, 1.54) is 18.9 Å². The van der Waals surface area contributed by atoms with Crippen LogP contribution in [0.4, 0.5) is 10.5 Å². The number of methoxy groups -OCH3 is 3. The Balaban J connectivity index is 1.60. The number of piperidine rings is 1. The number of aliphatic hydroxyl groups excluding tert-OH is 1. The molecule has 4 rings (SSSR count). The largest absolute Gasteiger partial charge is 0.490 e. The lowest BCUT2D eigenvalue weighted by Gasteiger charge is -2.43. The molecule has 14 heteroatoms. The van der Waals surface area contributed by atoms with Crippen LogP contribution in [-0.2, 0) is 55.9 Å². The van der Waals surface area contributed by atoms with Crippen molar-refractivity contribution in [3.05, 3.63) is 59.2 Å². The fourth-order valence-corrected chi connectivity index (χ4v) is 6.67. The highest BCUT2D eigenvalue weighted by molar-refractivity contribution is 5.72. The average Bonchev–Trinajstić information content (AvgIpc) is 3.16. The van der Waals surface area contributed by atoms with Gasteiger partial charge < -0.3 is 57.5 Å². The van der Waals surface area contributed by atoms with Crippen LogP contribution in [0, 0.1) is 11.8 Å². The number of carbonyl (C=O) groups is 2. The highest BCUT2D eigenvalue weighted by Gasteiger charge is 2.42. The predicted molar refractivity (Wildman–Crippen MR) is 205 cm³/mol. The van der Waals surface area contributed by atoms with Gasteiger partial charge >= 0.3 is 12.1 Å². The Kier molecular flexibility index (Phi) is 18.4. The van der Waals surface area contributed by atoms with Gasteiger partial charge in [0.2, 0.25) is 6.29 Å². The van der Waals surface area contributed by atoms with Gasteiger partial charge in [0, 0.05) is 53.2 Å². The molecule has 2 aliphatic rings. The first-order valence-electron chi connectivity index (χ1n) is 19.2. The molecular formula is C41H62N2O12. The summed E-state index contributed by atoms with van der Waals surface area (Å²) in [5.41, 5.74) is 3.90. The molecule has 14 nitrogen and oxygen atoms in total. The molecule has 1 saturated heterocycles. The lowest BCUT2D eigenvalue weighted by molar-refractivity contribution is -0.171. The van der Waals surface area contributed by atoms with Crippen LogP contribution >= 0.6 is 0 Å². The Morgan fingerprint density at radius 2 is 1.55 bits per heavy atom. The monoisotopic (exact) mass is 774 g/mol. The number of carbonyl (C=O) groups excluding carboxylic acids is 2. The van der Waals surface area contributed by atoms with Gasteiger partial charge in [0.25, 0.3) is 0 Å². The van der Waals surface area contributed by atoms with Crippen molar-refractivity contribution in [2.45, 2.75) is 77.8 Å². The number of hydrogen-bond acceptors (Lipinski definition) is 13. The van der Waals surface area contributed by atoms with E-state index >= 15 is 0 Å². The van der Waals surface area contributed by atoms with Gasteiger partial charge in [-0.1, -0.05) is 51.1 Å². The summed E-state index contributed by atoms with van der Waals surface area (Å²) in [6.07, 6.45) is -2.92. The molecule has 1 fully saturated rings. The minimum absolute atomic E-state index is 0.0255. The Morgan fingerprint density at radius 1 is 0.836 bits per heavy atom. The van der Waals surface area contributed by atoms with E-state index in [4.69, 9.17) is 42.6 Å². The molecule has 1 amide bonds. The number of amides is 1. The number of benzene rings is 2. The van der Waals surface area contributed by atoms with Crippen LogP contribution in [0.3, 0.4) is 0 Å². The molecule has 2 aromatic carbocycles. The second-order valence-corrected chi connectivity index (χ2v) is 14.6. The first-order chi connectivity index (χ1) is 26.5. The molecule has 2 aliphatic heterocycles. The van der Waals surface area contributed by atoms with Gasteiger partial charge in [-0.2, -0.15) is 0 Å². The number of esters is 1. The molecule has 55 heavy (non-hydrogen) atoms. The first-order valence-corrected chi connectivity index (χ1v) is 19.2. The SMILES string of the molecule is COCCCN1CCOc2ccc(CO[C@H]3CN(C(=O)OC(C)OC(=O)C(C)C)C[C@@H](OC[C@H](O)COC)[C@@H]3c3ccc(COC[C@@H](C)COC)cc3)cc21. The van der Waals surface area contributed by atoms with Crippen LogP contribution in [-0.4, -0.2) is 134 Å². The van der Waals surface area contributed by atoms with Crippen LogP contribution < -0.4 is 9.64 Å². The van der Waals surface area contributed by atoms with Crippen molar-refractivity contribution in [3.8, 4) is 5.75 Å². The van der Waals surface area contributed by atoms with E-state index in [2.05, 4.69) is 17.9 Å². The van der Waals surface area contributed by atoms with Gasteiger partial charge in [-0.25, -0.2) is 4.79 Å². The zero-order valence-corrected chi connectivity index (χ0v) is 33.6. The second-order valence-electron chi connectivity index (χ2n) is 14.6. The van der Waals surface area contributed by atoms with Crippen molar-refractivity contribution in [1.29, 1.82) is 0 Å². The van der Waals surface area contributed by atoms with E-state index in [1.807, 2.05) is 36.4 Å². The van der Waals surface area contributed by atoms with Gasteiger partial charge in [0.1, 0.15) is 18.5 Å². The van der Waals surface area contributed by atoms with Gasteiger partial charge in [-0.05, 0) is 35.2 Å². The van der Waals surface area contributed by atoms with E-state index in [0.29, 0.717) is 33.0 Å². The van der Waals surface area contributed by atoms with Gasteiger partial charge in [0.15, 0.2) is 0 Å². The van der Waals surface area contributed by atoms with Crippen LogP contribution in [0.1, 0.15) is 56.7 Å². The lowest BCUT2D eigenvalue weighted by Crippen LogP contribution is -2.55. The molecule has 0 radical (unpaired) electrons. The maximum absolute atomic E-state index is 13.6. The van der Waals surface area contributed by atoms with Crippen LogP contribution in [0.25, 0.3) is 0 Å². The Bertz CT molecular complexity index is 1440. The van der Waals surface area contributed by atoms with E-state index < -0.39 is 36.7 Å². The molecule has 1 N–H and O–H groups in total. The smallest absolute Gasteiger partial charge is 0.413 e. The third-order valence-corrected chi connectivity index (χ3v) is 9.45. The Hall–Kier alpha value is -3.50. The summed E-state index contributed by atoms with van der Waals surface area (Å²) in [5.74, 6) is -0.0879. The number of aliphatic hydroxyl groups is 1.